The molecule has 4 rings (SSSR count). The van der Waals surface area contributed by atoms with Gasteiger partial charge in [-0.2, -0.15) is 0 Å². The summed E-state index contributed by atoms with van der Waals surface area (Å²) in [6.07, 6.45) is 0.296. The largest absolute Gasteiger partial charge is 0.372 e. The molecule has 27 heavy (non-hydrogen) atoms. The fourth-order valence-electron chi connectivity index (χ4n) is 3.55. The molecule has 138 valence electrons. The summed E-state index contributed by atoms with van der Waals surface area (Å²) in [5, 5.41) is 3.13. The Hall–Kier alpha value is -2.64. The Morgan fingerprint density at radius 2 is 2.04 bits per heavy atom. The number of thioether (sulfide) groups is 1. The fraction of sp³-hybridized carbons (Fsp3) is 0.250. The van der Waals surface area contributed by atoms with Gasteiger partial charge in [0.25, 0.3) is 0 Å². The summed E-state index contributed by atoms with van der Waals surface area (Å²) >= 11 is 1.45. The van der Waals surface area contributed by atoms with Gasteiger partial charge in [-0.15, -0.1) is 11.8 Å². The average Bonchev–Trinajstić information content (AvgIpc) is 2.61. The molecule has 0 radical (unpaired) electrons. The van der Waals surface area contributed by atoms with E-state index in [9.17, 15) is 4.79 Å². The molecule has 0 aliphatic carbocycles. The highest BCUT2D eigenvalue weighted by Gasteiger charge is 2.19. The lowest BCUT2D eigenvalue weighted by molar-refractivity contribution is -0.117. The van der Waals surface area contributed by atoms with Gasteiger partial charge in [0.15, 0.2) is 0 Å². The van der Waals surface area contributed by atoms with Crippen LogP contribution in [0.2, 0.25) is 0 Å². The van der Waals surface area contributed by atoms with Gasteiger partial charge in [-0.1, -0.05) is 24.3 Å². The molecule has 0 spiro atoms. The number of hydrogen-bond donors (Lipinski definition) is 2. The normalized spacial score (nSPS) is 13.1. The van der Waals surface area contributed by atoms with Crippen LogP contribution in [0.15, 0.2) is 35.4 Å². The smallest absolute Gasteiger partial charge is 0.221 e. The van der Waals surface area contributed by atoms with E-state index in [1.54, 1.807) is 0 Å². The Morgan fingerprint density at radius 3 is 2.85 bits per heavy atom. The number of ether oxygens (including phenoxy) is 1. The number of benzene rings is 2. The Balaban J connectivity index is 1.83. The van der Waals surface area contributed by atoms with Crippen molar-refractivity contribution in [2.24, 2.45) is 5.73 Å². The number of aryl methyl sites for hydroxylation is 1. The lowest BCUT2D eigenvalue weighted by Crippen LogP contribution is -2.11. The molecular weight excluding hydrogens is 360 g/mol. The van der Waals surface area contributed by atoms with Crippen LogP contribution >= 0.6 is 11.8 Å². The molecule has 4 N–H and O–H groups in total. The van der Waals surface area contributed by atoms with Crippen LogP contribution in [0.3, 0.4) is 0 Å². The molecule has 1 aromatic heterocycles. The molecule has 0 saturated carbocycles. The van der Waals surface area contributed by atoms with E-state index in [1.807, 2.05) is 12.1 Å². The first kappa shape index (κ1) is 17.8. The zero-order chi connectivity index (χ0) is 19.0. The summed E-state index contributed by atoms with van der Waals surface area (Å²) in [6.45, 7) is 3.31. The van der Waals surface area contributed by atoms with Gasteiger partial charge in [-0.05, 0) is 40.5 Å². The SMILES string of the molecule is Cc1cc2c3c(cccc3c1-c1cc(SCCC(N)=O)nc(N)n1)COC2. The summed E-state index contributed by atoms with van der Waals surface area (Å²) in [5.41, 5.74) is 16.5. The second kappa shape index (κ2) is 7.17. The lowest BCUT2D eigenvalue weighted by Gasteiger charge is -2.21. The molecule has 3 aromatic rings. The molecule has 0 saturated heterocycles. The van der Waals surface area contributed by atoms with Crippen molar-refractivity contribution >= 4 is 34.4 Å². The predicted octanol–water partition coefficient (Wildman–Crippen LogP) is 3.19. The van der Waals surface area contributed by atoms with Gasteiger partial charge in [0.2, 0.25) is 11.9 Å². The first-order valence-electron chi connectivity index (χ1n) is 8.71. The number of anilines is 1. The zero-order valence-corrected chi connectivity index (χ0v) is 15.8. The van der Waals surface area contributed by atoms with Crippen molar-refractivity contribution in [2.45, 2.75) is 31.6 Å². The van der Waals surface area contributed by atoms with E-state index < -0.39 is 0 Å². The first-order chi connectivity index (χ1) is 13.0. The predicted molar refractivity (Wildman–Crippen MR) is 107 cm³/mol. The number of nitrogen functional groups attached to an aromatic ring is 1. The van der Waals surface area contributed by atoms with E-state index in [4.69, 9.17) is 16.2 Å². The molecule has 7 heteroatoms. The van der Waals surface area contributed by atoms with Crippen LogP contribution in [0.25, 0.3) is 22.0 Å². The number of aromatic nitrogens is 2. The van der Waals surface area contributed by atoms with Crippen molar-refractivity contribution in [1.82, 2.24) is 9.97 Å². The van der Waals surface area contributed by atoms with Crippen molar-refractivity contribution in [3.8, 4) is 11.3 Å². The molecule has 1 aliphatic rings. The van der Waals surface area contributed by atoms with E-state index in [-0.39, 0.29) is 11.9 Å². The summed E-state index contributed by atoms with van der Waals surface area (Å²) in [6, 6.07) is 10.4. The summed E-state index contributed by atoms with van der Waals surface area (Å²) < 4.78 is 5.70. The third kappa shape index (κ3) is 3.48. The van der Waals surface area contributed by atoms with Gasteiger partial charge >= 0.3 is 0 Å². The summed E-state index contributed by atoms with van der Waals surface area (Å²) in [7, 11) is 0. The maximum atomic E-state index is 11.0. The molecule has 1 amide bonds. The highest BCUT2D eigenvalue weighted by molar-refractivity contribution is 7.99. The monoisotopic (exact) mass is 380 g/mol. The molecular formula is C20H20N4O2S. The number of rotatable bonds is 5. The topological polar surface area (TPSA) is 104 Å². The van der Waals surface area contributed by atoms with Crippen LogP contribution < -0.4 is 11.5 Å². The highest BCUT2D eigenvalue weighted by Crippen LogP contribution is 2.38. The Bertz CT molecular complexity index is 1050. The van der Waals surface area contributed by atoms with Crippen LogP contribution in [0.5, 0.6) is 0 Å². The van der Waals surface area contributed by atoms with Crippen LogP contribution in [-0.2, 0) is 22.7 Å². The minimum Gasteiger partial charge on any atom is -0.372 e. The molecule has 6 nitrogen and oxygen atoms in total. The highest BCUT2D eigenvalue weighted by atomic mass is 32.2. The summed E-state index contributed by atoms with van der Waals surface area (Å²) in [4.78, 5) is 19.8. The third-order valence-electron chi connectivity index (χ3n) is 4.62. The molecule has 2 aromatic carbocycles. The Morgan fingerprint density at radius 1 is 1.22 bits per heavy atom. The van der Waals surface area contributed by atoms with Crippen LogP contribution in [0.4, 0.5) is 5.95 Å². The quantitative estimate of drug-likeness (QED) is 0.520. The number of amides is 1. The van der Waals surface area contributed by atoms with E-state index in [0.717, 1.165) is 27.2 Å². The Kier molecular flexibility index (Phi) is 4.72. The first-order valence-corrected chi connectivity index (χ1v) is 9.69. The minimum absolute atomic E-state index is 0.220. The number of carbonyl (C=O) groups is 1. The number of nitrogens with zero attached hydrogens (tertiary/aromatic N) is 2. The van der Waals surface area contributed by atoms with E-state index in [2.05, 4.69) is 35.1 Å². The second-order valence-electron chi connectivity index (χ2n) is 6.57. The van der Waals surface area contributed by atoms with Crippen molar-refractivity contribution < 1.29 is 9.53 Å². The van der Waals surface area contributed by atoms with Crippen molar-refractivity contribution in [2.75, 3.05) is 11.5 Å². The summed E-state index contributed by atoms with van der Waals surface area (Å²) in [5.74, 6) is 0.453. The fourth-order valence-corrected chi connectivity index (χ4v) is 4.42. The average molecular weight is 380 g/mol. The van der Waals surface area contributed by atoms with Gasteiger partial charge < -0.3 is 16.2 Å². The molecule has 2 heterocycles. The van der Waals surface area contributed by atoms with Gasteiger partial charge in [-0.3, -0.25) is 4.79 Å². The molecule has 0 bridgehead atoms. The van der Waals surface area contributed by atoms with E-state index >= 15 is 0 Å². The molecule has 0 fully saturated rings. The van der Waals surface area contributed by atoms with Crippen molar-refractivity contribution in [3.05, 3.63) is 47.0 Å². The minimum atomic E-state index is -0.327. The molecule has 0 unspecified atom stereocenters. The number of primary amides is 1. The second-order valence-corrected chi connectivity index (χ2v) is 7.69. The molecule has 1 aliphatic heterocycles. The van der Waals surface area contributed by atoms with Gasteiger partial charge in [0.05, 0.1) is 18.9 Å². The molecule has 0 atom stereocenters. The number of carbonyl (C=O) groups excluding carboxylic acids is 1. The van der Waals surface area contributed by atoms with Crippen molar-refractivity contribution in [1.29, 1.82) is 0 Å². The van der Waals surface area contributed by atoms with Crippen LogP contribution in [-0.4, -0.2) is 21.6 Å². The number of nitrogens with two attached hydrogens (primary N) is 2. The van der Waals surface area contributed by atoms with Gasteiger partial charge in [0, 0.05) is 17.7 Å². The maximum absolute atomic E-state index is 11.0. The maximum Gasteiger partial charge on any atom is 0.221 e. The van der Waals surface area contributed by atoms with Gasteiger partial charge in [0.1, 0.15) is 5.03 Å². The van der Waals surface area contributed by atoms with Gasteiger partial charge in [-0.25, -0.2) is 9.97 Å². The number of hydrogen-bond acceptors (Lipinski definition) is 6. The lowest BCUT2D eigenvalue weighted by atomic mass is 9.90. The van der Waals surface area contributed by atoms with E-state index in [0.29, 0.717) is 25.4 Å². The van der Waals surface area contributed by atoms with Crippen LogP contribution in [0.1, 0.15) is 23.1 Å². The third-order valence-corrected chi connectivity index (χ3v) is 5.53. The van der Waals surface area contributed by atoms with Crippen LogP contribution in [0, 0.1) is 6.92 Å². The standard InChI is InChI=1S/C20H20N4O2S/c1-11-7-13-10-26-9-12-3-2-4-14(19(12)13)18(11)15-8-17(24-20(22)23-15)27-6-5-16(21)25/h2-4,7-8H,5-6,9-10H2,1H3,(H2,21,25)(H2,22,23,24). The Labute approximate surface area is 161 Å². The zero-order valence-electron chi connectivity index (χ0n) is 15.0. The van der Waals surface area contributed by atoms with E-state index in [1.165, 1.54) is 28.3 Å². The van der Waals surface area contributed by atoms with Crippen molar-refractivity contribution in [3.63, 3.8) is 0 Å².